The van der Waals surface area contributed by atoms with Crippen molar-refractivity contribution < 1.29 is 4.79 Å². The Labute approximate surface area is 86.8 Å². The van der Waals surface area contributed by atoms with Crippen molar-refractivity contribution in [2.45, 2.75) is 46.6 Å². The first-order chi connectivity index (χ1) is 6.50. The monoisotopic (exact) mass is 195 g/mol. The van der Waals surface area contributed by atoms with Crippen LogP contribution in [0, 0.1) is 11.8 Å². The van der Waals surface area contributed by atoms with Crippen LogP contribution in [0.2, 0.25) is 0 Å². The van der Waals surface area contributed by atoms with E-state index in [1.54, 1.807) is 6.08 Å². The van der Waals surface area contributed by atoms with Crippen molar-refractivity contribution in [1.29, 1.82) is 0 Å². The largest absolute Gasteiger partial charge is 0.350 e. The van der Waals surface area contributed by atoms with Crippen LogP contribution < -0.4 is 5.32 Å². The van der Waals surface area contributed by atoms with Crippen molar-refractivity contribution in [1.82, 2.24) is 5.32 Å². The third-order valence-electron chi connectivity index (χ3n) is 3.21. The molecule has 0 aliphatic heterocycles. The normalized spacial score (nSPS) is 31.3. The zero-order valence-corrected chi connectivity index (χ0v) is 9.63. The molecular formula is C12H21NO. The van der Waals surface area contributed by atoms with Gasteiger partial charge in [0.1, 0.15) is 0 Å². The van der Waals surface area contributed by atoms with Crippen molar-refractivity contribution in [2.24, 2.45) is 11.8 Å². The summed E-state index contributed by atoms with van der Waals surface area (Å²) in [5.41, 5.74) is 1.06. The summed E-state index contributed by atoms with van der Waals surface area (Å²) >= 11 is 0. The zero-order chi connectivity index (χ0) is 10.7. The Morgan fingerprint density at radius 3 is 2.36 bits per heavy atom. The van der Waals surface area contributed by atoms with Gasteiger partial charge in [-0.25, -0.2) is 0 Å². The van der Waals surface area contributed by atoms with Crippen LogP contribution in [-0.4, -0.2) is 11.9 Å². The fourth-order valence-electron chi connectivity index (χ4n) is 2.06. The molecule has 1 aliphatic rings. The number of hydrogen-bond acceptors (Lipinski definition) is 1. The zero-order valence-electron chi connectivity index (χ0n) is 9.63. The molecule has 0 aromatic rings. The van der Waals surface area contributed by atoms with E-state index in [9.17, 15) is 4.79 Å². The van der Waals surface area contributed by atoms with Gasteiger partial charge in [0.05, 0.1) is 0 Å². The smallest absolute Gasteiger partial charge is 0.244 e. The second-order valence-electron chi connectivity index (χ2n) is 4.75. The highest BCUT2D eigenvalue weighted by molar-refractivity contribution is 5.88. The van der Waals surface area contributed by atoms with E-state index in [4.69, 9.17) is 0 Å². The Morgan fingerprint density at radius 1 is 1.29 bits per heavy atom. The number of carbonyl (C=O) groups excluding carboxylic acids is 1. The summed E-state index contributed by atoms with van der Waals surface area (Å²) in [5, 5.41) is 3.08. The molecule has 0 aromatic heterocycles. The molecule has 1 fully saturated rings. The van der Waals surface area contributed by atoms with Gasteiger partial charge in [-0.3, -0.25) is 4.79 Å². The molecule has 3 unspecified atom stereocenters. The summed E-state index contributed by atoms with van der Waals surface area (Å²) in [5.74, 6) is 1.42. The van der Waals surface area contributed by atoms with Crippen molar-refractivity contribution in [3.63, 3.8) is 0 Å². The topological polar surface area (TPSA) is 29.1 Å². The average Bonchev–Trinajstić information content (AvgIpc) is 2.34. The summed E-state index contributed by atoms with van der Waals surface area (Å²) in [6.45, 7) is 8.38. The lowest BCUT2D eigenvalue weighted by atomic mass is 9.98. The van der Waals surface area contributed by atoms with Crippen LogP contribution in [0.4, 0.5) is 0 Å². The standard InChI is InChI=1S/C12H21NO/c1-8(2)7-12(14)13-11-6-5-9(3)10(11)4/h7,9-11H,5-6H2,1-4H3,(H,13,14). The minimum Gasteiger partial charge on any atom is -0.350 e. The fraction of sp³-hybridized carbons (Fsp3) is 0.750. The second kappa shape index (κ2) is 4.63. The molecule has 1 amide bonds. The van der Waals surface area contributed by atoms with Crippen molar-refractivity contribution in [2.75, 3.05) is 0 Å². The van der Waals surface area contributed by atoms with Gasteiger partial charge in [0.2, 0.25) is 5.91 Å². The summed E-state index contributed by atoms with van der Waals surface area (Å²) < 4.78 is 0. The third-order valence-corrected chi connectivity index (χ3v) is 3.21. The van der Waals surface area contributed by atoms with E-state index in [1.165, 1.54) is 6.42 Å². The first-order valence-electron chi connectivity index (χ1n) is 5.46. The molecule has 0 radical (unpaired) electrons. The third kappa shape index (κ3) is 2.86. The van der Waals surface area contributed by atoms with Gasteiger partial charge in [-0.2, -0.15) is 0 Å². The molecule has 14 heavy (non-hydrogen) atoms. The Morgan fingerprint density at radius 2 is 1.93 bits per heavy atom. The summed E-state index contributed by atoms with van der Waals surface area (Å²) in [4.78, 5) is 11.5. The molecule has 0 heterocycles. The number of allylic oxidation sites excluding steroid dienone is 1. The Hall–Kier alpha value is -0.790. The lowest BCUT2D eigenvalue weighted by Gasteiger charge is -2.18. The van der Waals surface area contributed by atoms with E-state index >= 15 is 0 Å². The maximum absolute atomic E-state index is 11.5. The molecular weight excluding hydrogens is 174 g/mol. The number of amides is 1. The van der Waals surface area contributed by atoms with Crippen molar-refractivity contribution >= 4 is 5.91 Å². The van der Waals surface area contributed by atoms with Crippen molar-refractivity contribution in [3.05, 3.63) is 11.6 Å². The molecule has 0 bridgehead atoms. The Bertz CT molecular complexity index is 241. The van der Waals surface area contributed by atoms with Gasteiger partial charge < -0.3 is 5.32 Å². The van der Waals surface area contributed by atoms with E-state index in [0.29, 0.717) is 12.0 Å². The number of hydrogen-bond donors (Lipinski definition) is 1. The van der Waals surface area contributed by atoms with Gasteiger partial charge in [-0.1, -0.05) is 19.4 Å². The summed E-state index contributed by atoms with van der Waals surface area (Å²) in [7, 11) is 0. The van der Waals surface area contributed by atoms with Gasteiger partial charge in [-0.05, 0) is 38.5 Å². The van der Waals surface area contributed by atoms with E-state index in [1.807, 2.05) is 13.8 Å². The van der Waals surface area contributed by atoms with Crippen molar-refractivity contribution in [3.8, 4) is 0 Å². The second-order valence-corrected chi connectivity index (χ2v) is 4.75. The van der Waals surface area contributed by atoms with E-state index in [-0.39, 0.29) is 5.91 Å². The number of nitrogens with one attached hydrogen (secondary N) is 1. The first-order valence-corrected chi connectivity index (χ1v) is 5.46. The Kier molecular flexibility index (Phi) is 3.73. The van der Waals surface area contributed by atoms with Crippen LogP contribution in [0.15, 0.2) is 11.6 Å². The highest BCUT2D eigenvalue weighted by atomic mass is 16.1. The maximum atomic E-state index is 11.5. The highest BCUT2D eigenvalue weighted by Crippen LogP contribution is 2.30. The predicted octanol–water partition coefficient (Wildman–Crippen LogP) is 2.50. The molecule has 2 heteroatoms. The molecule has 0 saturated heterocycles. The minimum absolute atomic E-state index is 0.0657. The fourth-order valence-corrected chi connectivity index (χ4v) is 2.06. The van der Waals surface area contributed by atoms with Crippen LogP contribution in [-0.2, 0) is 4.79 Å². The van der Waals surface area contributed by atoms with Gasteiger partial charge in [-0.15, -0.1) is 0 Å². The van der Waals surface area contributed by atoms with Gasteiger partial charge >= 0.3 is 0 Å². The lowest BCUT2D eigenvalue weighted by Crippen LogP contribution is -2.36. The summed E-state index contributed by atoms with van der Waals surface area (Å²) in [6.07, 6.45) is 4.04. The Balaban J connectivity index is 2.46. The van der Waals surface area contributed by atoms with Gasteiger partial charge in [0.15, 0.2) is 0 Å². The van der Waals surface area contributed by atoms with Crippen LogP contribution >= 0.6 is 0 Å². The molecule has 80 valence electrons. The van der Waals surface area contributed by atoms with E-state index in [2.05, 4.69) is 19.2 Å². The van der Waals surface area contributed by atoms with Crippen LogP contribution in [0.1, 0.15) is 40.5 Å². The maximum Gasteiger partial charge on any atom is 0.244 e. The first kappa shape index (κ1) is 11.3. The molecule has 1 saturated carbocycles. The minimum atomic E-state index is 0.0657. The lowest BCUT2D eigenvalue weighted by molar-refractivity contribution is -0.117. The van der Waals surface area contributed by atoms with Crippen LogP contribution in [0.5, 0.6) is 0 Å². The average molecular weight is 195 g/mol. The van der Waals surface area contributed by atoms with E-state index in [0.717, 1.165) is 17.9 Å². The molecule has 2 nitrogen and oxygen atoms in total. The number of rotatable bonds is 2. The van der Waals surface area contributed by atoms with E-state index < -0.39 is 0 Å². The molecule has 0 spiro atoms. The molecule has 3 atom stereocenters. The molecule has 1 rings (SSSR count). The van der Waals surface area contributed by atoms with Gasteiger partial charge in [0, 0.05) is 12.1 Å². The predicted molar refractivity (Wildman–Crippen MR) is 58.9 cm³/mol. The quantitative estimate of drug-likeness (QED) is 0.674. The highest BCUT2D eigenvalue weighted by Gasteiger charge is 2.30. The van der Waals surface area contributed by atoms with Crippen LogP contribution in [0.25, 0.3) is 0 Å². The SMILES string of the molecule is CC(C)=CC(=O)NC1CCC(C)C1C. The molecule has 0 aromatic carbocycles. The number of carbonyl (C=O) groups is 1. The molecule has 1 aliphatic carbocycles. The summed E-state index contributed by atoms with van der Waals surface area (Å²) in [6, 6.07) is 0.382. The van der Waals surface area contributed by atoms with Crippen LogP contribution in [0.3, 0.4) is 0 Å². The van der Waals surface area contributed by atoms with Gasteiger partial charge in [0.25, 0.3) is 0 Å². The molecule has 1 N–H and O–H groups in total.